The van der Waals surface area contributed by atoms with Crippen LogP contribution in [0.3, 0.4) is 0 Å². The van der Waals surface area contributed by atoms with Crippen LogP contribution >= 0.6 is 22.9 Å². The molecule has 0 spiro atoms. The Balaban J connectivity index is 1.95. The second kappa shape index (κ2) is 5.38. The van der Waals surface area contributed by atoms with E-state index in [0.717, 1.165) is 4.88 Å². The van der Waals surface area contributed by atoms with Gasteiger partial charge in [-0.3, -0.25) is 4.40 Å². The summed E-state index contributed by atoms with van der Waals surface area (Å²) in [5, 5.41) is 0.582. The number of hydrogen-bond acceptors (Lipinski definition) is 5. The van der Waals surface area contributed by atoms with Gasteiger partial charge in [0.25, 0.3) is 10.0 Å². The number of sulfonamides is 1. The molecule has 0 bridgehead atoms. The molecule has 0 unspecified atom stereocenters. The number of nitrogens with one attached hydrogen (secondary N) is 1. The van der Waals surface area contributed by atoms with Gasteiger partial charge in [0.1, 0.15) is 10.7 Å². The highest BCUT2D eigenvalue weighted by atomic mass is 35.5. The predicted molar refractivity (Wildman–Crippen MR) is 81.1 cm³/mol. The van der Waals surface area contributed by atoms with Gasteiger partial charge in [0, 0.05) is 17.3 Å². The molecule has 3 aromatic heterocycles. The molecule has 21 heavy (non-hydrogen) atoms. The molecule has 0 aliphatic carbocycles. The standard InChI is InChI=1S/C12H11ClN4O2S2/c1-8-6-14-10(20-8)7-15-21(18,19)12-11(13)16-9-4-2-3-5-17(9)12/h2-6,15H,7H2,1H3. The van der Waals surface area contributed by atoms with Crippen molar-refractivity contribution in [1.82, 2.24) is 19.1 Å². The van der Waals surface area contributed by atoms with E-state index in [9.17, 15) is 8.42 Å². The van der Waals surface area contributed by atoms with Crippen LogP contribution in [-0.2, 0) is 16.6 Å². The second-order valence-corrected chi connectivity index (χ2v) is 7.69. The lowest BCUT2D eigenvalue weighted by Gasteiger charge is -2.05. The third-order valence-electron chi connectivity index (χ3n) is 2.78. The van der Waals surface area contributed by atoms with E-state index >= 15 is 0 Å². The lowest BCUT2D eigenvalue weighted by atomic mass is 10.5. The summed E-state index contributed by atoms with van der Waals surface area (Å²) in [6.07, 6.45) is 3.31. The van der Waals surface area contributed by atoms with Crippen LogP contribution in [0.2, 0.25) is 5.15 Å². The SMILES string of the molecule is Cc1cnc(CNS(=O)(=O)c2c(Cl)nc3ccccn23)s1. The van der Waals surface area contributed by atoms with E-state index in [2.05, 4.69) is 14.7 Å². The average molecular weight is 343 g/mol. The molecule has 0 saturated heterocycles. The van der Waals surface area contributed by atoms with Gasteiger partial charge in [0.2, 0.25) is 0 Å². The third-order valence-corrected chi connectivity index (χ3v) is 5.50. The van der Waals surface area contributed by atoms with E-state index in [4.69, 9.17) is 11.6 Å². The Kier molecular flexibility index (Phi) is 3.70. The van der Waals surface area contributed by atoms with Gasteiger partial charge < -0.3 is 0 Å². The smallest absolute Gasteiger partial charge is 0.260 e. The monoisotopic (exact) mass is 342 g/mol. The number of pyridine rings is 1. The molecule has 0 fully saturated rings. The second-order valence-electron chi connectivity index (χ2n) is 4.33. The van der Waals surface area contributed by atoms with Crippen LogP contribution in [0.25, 0.3) is 5.65 Å². The molecule has 0 radical (unpaired) electrons. The van der Waals surface area contributed by atoms with Crippen molar-refractivity contribution in [3.63, 3.8) is 0 Å². The molecule has 0 aliphatic heterocycles. The molecule has 0 aliphatic rings. The Morgan fingerprint density at radius 2 is 2.24 bits per heavy atom. The largest absolute Gasteiger partial charge is 0.288 e. The van der Waals surface area contributed by atoms with Crippen molar-refractivity contribution < 1.29 is 8.42 Å². The Morgan fingerprint density at radius 1 is 1.43 bits per heavy atom. The van der Waals surface area contributed by atoms with E-state index in [1.54, 1.807) is 30.6 Å². The average Bonchev–Trinajstić information content (AvgIpc) is 2.99. The summed E-state index contributed by atoms with van der Waals surface area (Å²) in [7, 11) is -3.78. The van der Waals surface area contributed by atoms with Crippen molar-refractivity contribution in [2.24, 2.45) is 0 Å². The summed E-state index contributed by atoms with van der Waals surface area (Å²) in [5.41, 5.74) is 0.480. The van der Waals surface area contributed by atoms with Crippen molar-refractivity contribution >= 4 is 38.6 Å². The van der Waals surface area contributed by atoms with Crippen molar-refractivity contribution in [3.8, 4) is 0 Å². The fourth-order valence-corrected chi connectivity index (χ4v) is 4.34. The molecule has 3 rings (SSSR count). The van der Waals surface area contributed by atoms with Crippen molar-refractivity contribution in [3.05, 3.63) is 45.6 Å². The van der Waals surface area contributed by atoms with E-state index in [1.807, 2.05) is 6.92 Å². The number of hydrogen-bond donors (Lipinski definition) is 1. The number of aryl methyl sites for hydroxylation is 1. The first kappa shape index (κ1) is 14.5. The van der Waals surface area contributed by atoms with Gasteiger partial charge in [-0.2, -0.15) is 0 Å². The van der Waals surface area contributed by atoms with Gasteiger partial charge in [-0.15, -0.1) is 11.3 Å². The van der Waals surface area contributed by atoms with E-state index < -0.39 is 10.0 Å². The first-order valence-electron chi connectivity index (χ1n) is 6.01. The van der Waals surface area contributed by atoms with Crippen LogP contribution < -0.4 is 4.72 Å². The maximum Gasteiger partial charge on any atom is 0.260 e. The highest BCUT2D eigenvalue weighted by Gasteiger charge is 2.24. The topological polar surface area (TPSA) is 76.4 Å². The zero-order chi connectivity index (χ0) is 15.0. The number of thiazole rings is 1. The molecule has 0 aromatic carbocycles. The molecule has 0 saturated carbocycles. The van der Waals surface area contributed by atoms with Gasteiger partial charge in [-0.25, -0.2) is 23.1 Å². The van der Waals surface area contributed by atoms with E-state index in [0.29, 0.717) is 10.7 Å². The molecule has 1 N–H and O–H groups in total. The molecule has 0 amide bonds. The first-order chi connectivity index (χ1) is 9.97. The fraction of sp³-hybridized carbons (Fsp3) is 0.167. The summed E-state index contributed by atoms with van der Waals surface area (Å²) in [6, 6.07) is 5.17. The van der Waals surface area contributed by atoms with Crippen molar-refractivity contribution in [2.75, 3.05) is 0 Å². The highest BCUT2D eigenvalue weighted by Crippen LogP contribution is 2.22. The lowest BCUT2D eigenvalue weighted by Crippen LogP contribution is -2.24. The Bertz CT molecular complexity index is 901. The van der Waals surface area contributed by atoms with Crippen LogP contribution in [0.4, 0.5) is 0 Å². The Hall–Kier alpha value is -1.48. The van der Waals surface area contributed by atoms with E-state index in [1.165, 1.54) is 15.7 Å². The predicted octanol–water partition coefficient (Wildman–Crippen LogP) is 2.23. The van der Waals surface area contributed by atoms with Gasteiger partial charge >= 0.3 is 0 Å². The summed E-state index contributed by atoms with van der Waals surface area (Å²) >= 11 is 7.41. The lowest BCUT2D eigenvalue weighted by molar-refractivity contribution is 0.576. The molecule has 9 heteroatoms. The maximum atomic E-state index is 12.4. The fourth-order valence-electron chi connectivity index (χ4n) is 1.89. The van der Waals surface area contributed by atoms with Gasteiger partial charge in [0.15, 0.2) is 10.2 Å². The van der Waals surface area contributed by atoms with Gasteiger partial charge in [-0.05, 0) is 19.1 Å². The number of aromatic nitrogens is 3. The minimum absolute atomic E-state index is 0.0518. The quantitative estimate of drug-likeness (QED) is 0.788. The first-order valence-corrected chi connectivity index (χ1v) is 8.69. The summed E-state index contributed by atoms with van der Waals surface area (Å²) < 4.78 is 28.8. The zero-order valence-corrected chi connectivity index (χ0v) is 13.3. The van der Waals surface area contributed by atoms with Crippen LogP contribution in [0, 0.1) is 6.92 Å². The van der Waals surface area contributed by atoms with Gasteiger partial charge in [0.05, 0.1) is 6.54 Å². The van der Waals surface area contributed by atoms with Gasteiger partial charge in [-0.1, -0.05) is 17.7 Å². The maximum absolute atomic E-state index is 12.4. The molecule has 0 atom stereocenters. The zero-order valence-electron chi connectivity index (χ0n) is 10.9. The Labute approximate surface area is 130 Å². The number of nitrogens with zero attached hydrogens (tertiary/aromatic N) is 3. The molecular weight excluding hydrogens is 332 g/mol. The number of rotatable bonds is 4. The van der Waals surface area contributed by atoms with Crippen molar-refractivity contribution in [2.45, 2.75) is 18.5 Å². The third kappa shape index (κ3) is 2.80. The van der Waals surface area contributed by atoms with E-state index in [-0.39, 0.29) is 16.7 Å². The van der Waals surface area contributed by atoms with Crippen molar-refractivity contribution in [1.29, 1.82) is 0 Å². The van der Waals surface area contributed by atoms with Crippen LogP contribution in [0.5, 0.6) is 0 Å². The summed E-state index contributed by atoms with van der Waals surface area (Å²) in [5.74, 6) is 0. The molecular formula is C12H11ClN4O2S2. The van der Waals surface area contributed by atoms with Crippen LogP contribution in [0.1, 0.15) is 9.88 Å². The molecule has 110 valence electrons. The summed E-state index contributed by atoms with van der Waals surface area (Å²) in [6.45, 7) is 2.04. The van der Waals surface area contributed by atoms with Crippen LogP contribution in [-0.4, -0.2) is 22.8 Å². The Morgan fingerprint density at radius 3 is 2.95 bits per heavy atom. The minimum Gasteiger partial charge on any atom is -0.288 e. The minimum atomic E-state index is -3.78. The normalized spacial score (nSPS) is 12.1. The number of fused-ring (bicyclic) bond motifs is 1. The molecule has 6 nitrogen and oxygen atoms in total. The number of halogens is 1. The number of imidazole rings is 1. The summed E-state index contributed by atoms with van der Waals surface area (Å²) in [4.78, 5) is 9.18. The van der Waals surface area contributed by atoms with Crippen LogP contribution in [0.15, 0.2) is 35.6 Å². The highest BCUT2D eigenvalue weighted by molar-refractivity contribution is 7.89. The molecule has 3 heterocycles. The molecule has 3 aromatic rings.